The van der Waals surface area contributed by atoms with E-state index in [0.717, 1.165) is 16.7 Å². The van der Waals surface area contributed by atoms with Crippen LogP contribution in [0.1, 0.15) is 47.1 Å². The fourth-order valence-electron chi connectivity index (χ4n) is 3.82. The van der Waals surface area contributed by atoms with E-state index < -0.39 is 23.6 Å². The minimum atomic E-state index is -1.20. The largest absolute Gasteiger partial charge is 0.478 e. The summed E-state index contributed by atoms with van der Waals surface area (Å²) in [6.45, 7) is 7.17. The Morgan fingerprint density at radius 2 is 1.65 bits per heavy atom. The first-order valence-corrected chi connectivity index (χ1v) is 11.6. The van der Waals surface area contributed by atoms with Gasteiger partial charge in [0.25, 0.3) is 5.91 Å². The maximum absolute atomic E-state index is 13.1. The number of pyridine rings is 1. The van der Waals surface area contributed by atoms with E-state index in [4.69, 9.17) is 4.74 Å². The topological polar surface area (TPSA) is 111 Å². The highest BCUT2D eigenvalue weighted by molar-refractivity contribution is 6.08. The number of carboxylic acids is 1. The Bertz CT molecular complexity index is 1480. The van der Waals surface area contributed by atoms with Crippen LogP contribution >= 0.6 is 0 Å². The number of carbonyl (C=O) groups is 3. The predicted molar refractivity (Wildman–Crippen MR) is 141 cm³/mol. The van der Waals surface area contributed by atoms with Gasteiger partial charge in [0.15, 0.2) is 0 Å². The van der Waals surface area contributed by atoms with Gasteiger partial charge in [-0.15, -0.1) is 0 Å². The van der Waals surface area contributed by atoms with E-state index in [1.807, 2.05) is 37.3 Å². The maximum Gasteiger partial charge on any atom is 0.418 e. The molecule has 0 aliphatic heterocycles. The van der Waals surface area contributed by atoms with Crippen molar-refractivity contribution in [1.82, 2.24) is 9.55 Å². The van der Waals surface area contributed by atoms with Crippen LogP contribution in [0.4, 0.5) is 10.5 Å². The summed E-state index contributed by atoms with van der Waals surface area (Å²) in [6, 6.07) is 17.5. The number of benzene rings is 2. The van der Waals surface area contributed by atoms with Crippen LogP contribution in [0.5, 0.6) is 0 Å². The summed E-state index contributed by atoms with van der Waals surface area (Å²) in [5, 5.41) is 12.4. The molecule has 4 aromatic rings. The number of aryl methyl sites for hydroxylation is 1. The first kappa shape index (κ1) is 25.4. The fourth-order valence-corrected chi connectivity index (χ4v) is 3.82. The molecule has 0 radical (unpaired) electrons. The third-order valence-corrected chi connectivity index (χ3v) is 5.45. The van der Waals surface area contributed by atoms with Gasteiger partial charge in [0.2, 0.25) is 0 Å². The first-order chi connectivity index (χ1) is 17.5. The molecule has 2 aromatic carbocycles. The van der Waals surface area contributed by atoms with Crippen molar-refractivity contribution in [2.75, 3.05) is 5.32 Å². The van der Waals surface area contributed by atoms with Gasteiger partial charge in [-0.05, 0) is 63.1 Å². The SMILES string of the molecule is Cc1cc(-c2ccc(C(=O)O)c(NC(=O)c3cncc(-c4ccccc4)c3)c2)n(C(=O)OC(C)(C)C)c1. The number of aromatic carboxylic acids is 1. The lowest BCUT2D eigenvalue weighted by Gasteiger charge is -2.20. The zero-order valence-electron chi connectivity index (χ0n) is 21.0. The lowest BCUT2D eigenvalue weighted by molar-refractivity contribution is 0.0539. The van der Waals surface area contributed by atoms with Crippen LogP contribution in [0.15, 0.2) is 79.3 Å². The second-order valence-corrected chi connectivity index (χ2v) is 9.60. The van der Waals surface area contributed by atoms with Crippen molar-refractivity contribution in [3.05, 3.63) is 95.9 Å². The average Bonchev–Trinajstić information content (AvgIpc) is 3.25. The highest BCUT2D eigenvalue weighted by Gasteiger charge is 2.22. The van der Waals surface area contributed by atoms with Gasteiger partial charge in [-0.2, -0.15) is 0 Å². The van der Waals surface area contributed by atoms with Gasteiger partial charge in [-0.25, -0.2) is 9.59 Å². The van der Waals surface area contributed by atoms with E-state index in [1.54, 1.807) is 51.4 Å². The smallest absolute Gasteiger partial charge is 0.418 e. The molecule has 2 heterocycles. The van der Waals surface area contributed by atoms with Gasteiger partial charge in [0.1, 0.15) is 5.60 Å². The van der Waals surface area contributed by atoms with Crippen LogP contribution in [0.3, 0.4) is 0 Å². The molecule has 37 heavy (non-hydrogen) atoms. The van der Waals surface area contributed by atoms with Crippen LogP contribution in [-0.4, -0.2) is 38.2 Å². The summed E-state index contributed by atoms with van der Waals surface area (Å²) < 4.78 is 6.88. The number of hydrogen-bond donors (Lipinski definition) is 2. The number of ether oxygens (including phenoxy) is 1. The first-order valence-electron chi connectivity index (χ1n) is 11.6. The number of amides is 1. The number of carboxylic acid groups (broad SMARTS) is 1. The van der Waals surface area contributed by atoms with Crippen molar-refractivity contribution in [3.63, 3.8) is 0 Å². The average molecular weight is 498 g/mol. The molecule has 8 nitrogen and oxygen atoms in total. The van der Waals surface area contributed by atoms with Gasteiger partial charge in [0.05, 0.1) is 22.5 Å². The molecule has 0 atom stereocenters. The molecule has 2 N–H and O–H groups in total. The van der Waals surface area contributed by atoms with E-state index in [1.165, 1.54) is 22.9 Å². The molecular weight excluding hydrogens is 470 g/mol. The Hall–Kier alpha value is -4.72. The molecule has 0 spiro atoms. The molecule has 4 rings (SSSR count). The quantitative estimate of drug-likeness (QED) is 0.337. The second-order valence-electron chi connectivity index (χ2n) is 9.60. The number of aromatic nitrogens is 2. The van der Waals surface area contributed by atoms with Crippen LogP contribution in [-0.2, 0) is 4.74 Å². The van der Waals surface area contributed by atoms with E-state index in [0.29, 0.717) is 11.3 Å². The minimum absolute atomic E-state index is 0.0867. The molecule has 0 unspecified atom stereocenters. The van der Waals surface area contributed by atoms with Crippen molar-refractivity contribution >= 4 is 23.7 Å². The summed E-state index contributed by atoms with van der Waals surface area (Å²) in [6.07, 6.45) is 4.16. The van der Waals surface area contributed by atoms with E-state index >= 15 is 0 Å². The molecular formula is C29H27N3O5. The highest BCUT2D eigenvalue weighted by Crippen LogP contribution is 2.29. The molecule has 0 aliphatic carbocycles. The Balaban J connectivity index is 1.69. The van der Waals surface area contributed by atoms with E-state index in [2.05, 4.69) is 10.3 Å². The van der Waals surface area contributed by atoms with Crippen molar-refractivity contribution in [1.29, 1.82) is 0 Å². The number of nitrogens with zero attached hydrogens (tertiary/aromatic N) is 2. The monoisotopic (exact) mass is 497 g/mol. The molecule has 0 saturated carbocycles. The molecule has 2 aromatic heterocycles. The highest BCUT2D eigenvalue weighted by atomic mass is 16.6. The molecule has 0 fully saturated rings. The van der Waals surface area contributed by atoms with Crippen molar-refractivity contribution in [2.45, 2.75) is 33.3 Å². The van der Waals surface area contributed by atoms with Gasteiger partial charge in [0, 0.05) is 29.7 Å². The summed E-state index contributed by atoms with van der Waals surface area (Å²) in [5.41, 5.74) is 3.10. The maximum atomic E-state index is 13.1. The second kappa shape index (κ2) is 10.1. The third kappa shape index (κ3) is 5.92. The van der Waals surface area contributed by atoms with E-state index in [-0.39, 0.29) is 16.8 Å². The van der Waals surface area contributed by atoms with Gasteiger partial charge >= 0.3 is 12.1 Å². The summed E-state index contributed by atoms with van der Waals surface area (Å²) in [4.78, 5) is 42.0. The lowest BCUT2D eigenvalue weighted by atomic mass is 10.0. The number of nitrogens with one attached hydrogen (secondary N) is 1. The number of rotatable bonds is 5. The van der Waals surface area contributed by atoms with E-state index in [9.17, 15) is 19.5 Å². The predicted octanol–water partition coefficient (Wildman–Crippen LogP) is 6.26. The zero-order chi connectivity index (χ0) is 26.7. The number of hydrogen-bond acceptors (Lipinski definition) is 5. The van der Waals surface area contributed by atoms with Crippen LogP contribution in [0, 0.1) is 6.92 Å². The van der Waals surface area contributed by atoms with Crippen LogP contribution < -0.4 is 5.32 Å². The van der Waals surface area contributed by atoms with Crippen molar-refractivity contribution in [2.24, 2.45) is 0 Å². The molecule has 1 amide bonds. The Kier molecular flexibility index (Phi) is 6.93. The summed E-state index contributed by atoms with van der Waals surface area (Å²) in [7, 11) is 0. The van der Waals surface area contributed by atoms with Crippen molar-refractivity contribution in [3.8, 4) is 22.4 Å². The summed E-state index contributed by atoms with van der Waals surface area (Å²) in [5.74, 6) is -1.71. The lowest BCUT2D eigenvalue weighted by Crippen LogP contribution is -2.27. The minimum Gasteiger partial charge on any atom is -0.478 e. The molecule has 0 aliphatic rings. The van der Waals surface area contributed by atoms with Gasteiger partial charge in [-0.3, -0.25) is 14.3 Å². The Morgan fingerprint density at radius 1 is 0.919 bits per heavy atom. The van der Waals surface area contributed by atoms with Crippen molar-refractivity contribution < 1.29 is 24.2 Å². The zero-order valence-corrected chi connectivity index (χ0v) is 21.0. The normalized spacial score (nSPS) is 11.1. The number of carbonyl (C=O) groups excluding carboxylic acids is 2. The van der Waals surface area contributed by atoms with Gasteiger partial charge < -0.3 is 15.2 Å². The van der Waals surface area contributed by atoms with Crippen LogP contribution in [0.25, 0.3) is 22.4 Å². The fraction of sp³-hybridized carbons (Fsp3) is 0.172. The summed E-state index contributed by atoms with van der Waals surface area (Å²) >= 11 is 0. The number of anilines is 1. The molecule has 0 saturated heterocycles. The van der Waals surface area contributed by atoms with Crippen LogP contribution in [0.2, 0.25) is 0 Å². The third-order valence-electron chi connectivity index (χ3n) is 5.45. The van der Waals surface area contributed by atoms with Gasteiger partial charge in [-0.1, -0.05) is 36.4 Å². The standard InChI is InChI=1S/C29H27N3O5/c1-18-12-25(32(17-18)28(36)37-29(2,3)4)20-10-11-23(27(34)35)24(14-20)31-26(33)22-13-21(15-30-16-22)19-8-6-5-7-9-19/h5-17H,1-4H3,(H,31,33)(H,34,35). The molecule has 188 valence electrons. The Morgan fingerprint density at radius 3 is 2.32 bits per heavy atom. The molecule has 0 bridgehead atoms. The Labute approximate surface area is 214 Å². The molecule has 8 heteroatoms.